The molecule has 1 aliphatic heterocycles. The minimum atomic E-state index is -1.04. The van der Waals surface area contributed by atoms with Crippen molar-refractivity contribution in [1.82, 2.24) is 10.3 Å². The highest BCUT2D eigenvalue weighted by Crippen LogP contribution is 2.32. The number of hydrogen-bond donors (Lipinski definition) is 1. The van der Waals surface area contributed by atoms with Crippen LogP contribution in [0.3, 0.4) is 0 Å². The van der Waals surface area contributed by atoms with E-state index < -0.39 is 11.6 Å². The summed E-state index contributed by atoms with van der Waals surface area (Å²) in [6, 6.07) is 10.8. The Kier molecular flexibility index (Phi) is 4.00. The van der Waals surface area contributed by atoms with Gasteiger partial charge in [-0.2, -0.15) is 5.10 Å². The van der Waals surface area contributed by atoms with Crippen LogP contribution >= 0.6 is 11.3 Å². The highest BCUT2D eigenvalue weighted by molar-refractivity contribution is 7.11. The first-order valence-corrected chi connectivity index (χ1v) is 8.27. The Balaban J connectivity index is 1.93. The molecule has 1 fully saturated rings. The van der Waals surface area contributed by atoms with Crippen molar-refractivity contribution >= 4 is 29.5 Å². The minimum absolute atomic E-state index is 0.346. The van der Waals surface area contributed by atoms with Gasteiger partial charge in [0.1, 0.15) is 5.54 Å². The predicted octanol–water partition coefficient (Wildman–Crippen LogP) is 3.25. The molecule has 1 atom stereocenters. The predicted molar refractivity (Wildman–Crippen MR) is 90.4 cm³/mol. The molecule has 23 heavy (non-hydrogen) atoms. The first-order chi connectivity index (χ1) is 11.1. The van der Waals surface area contributed by atoms with E-state index in [-0.39, 0.29) is 5.91 Å². The number of carbonyl (C=O) groups excluding carboxylic acids is 2. The Hall–Kier alpha value is -2.47. The van der Waals surface area contributed by atoms with Crippen molar-refractivity contribution in [3.63, 3.8) is 0 Å². The zero-order chi connectivity index (χ0) is 16.4. The number of carbonyl (C=O) groups is 2. The van der Waals surface area contributed by atoms with Crippen LogP contribution in [0.25, 0.3) is 0 Å². The fourth-order valence-electron chi connectivity index (χ4n) is 2.66. The monoisotopic (exact) mass is 327 g/mol. The van der Waals surface area contributed by atoms with Gasteiger partial charge >= 0.3 is 6.03 Å². The van der Waals surface area contributed by atoms with Crippen LogP contribution in [-0.2, 0) is 10.3 Å². The Morgan fingerprint density at radius 2 is 2.00 bits per heavy atom. The zero-order valence-corrected chi connectivity index (χ0v) is 13.8. The third-order valence-corrected chi connectivity index (χ3v) is 5.01. The molecular formula is C17H17N3O2S. The molecule has 118 valence electrons. The van der Waals surface area contributed by atoms with Crippen LogP contribution in [0.15, 0.2) is 46.9 Å². The van der Waals surface area contributed by atoms with Crippen molar-refractivity contribution in [1.29, 1.82) is 0 Å². The summed E-state index contributed by atoms with van der Waals surface area (Å²) in [6.07, 6.45) is 2.03. The van der Waals surface area contributed by atoms with E-state index in [0.29, 0.717) is 6.42 Å². The van der Waals surface area contributed by atoms with Crippen molar-refractivity contribution < 1.29 is 9.59 Å². The molecule has 1 aliphatic rings. The number of hydrazone groups is 1. The molecule has 1 aromatic heterocycles. The Bertz CT molecular complexity index is 769. The molecule has 0 aliphatic carbocycles. The van der Waals surface area contributed by atoms with Crippen molar-refractivity contribution in [3.05, 3.63) is 57.8 Å². The topological polar surface area (TPSA) is 61.8 Å². The minimum Gasteiger partial charge on any atom is -0.318 e. The number of benzene rings is 1. The van der Waals surface area contributed by atoms with Crippen LogP contribution in [-0.4, -0.2) is 23.2 Å². The average molecular weight is 327 g/mol. The second-order valence-electron chi connectivity index (χ2n) is 5.38. The molecule has 0 radical (unpaired) electrons. The fourth-order valence-corrected chi connectivity index (χ4v) is 3.44. The van der Waals surface area contributed by atoms with Gasteiger partial charge < -0.3 is 5.32 Å². The molecule has 1 aromatic carbocycles. The normalized spacial score (nSPS) is 21.2. The lowest BCUT2D eigenvalue weighted by Gasteiger charge is -2.24. The SMILES string of the molecule is CC[C@]1(c2ccccc2)NC(=O)N(/N=C\c2sccc2C)C1=O. The first kappa shape index (κ1) is 15.4. The number of hydrogen-bond acceptors (Lipinski definition) is 4. The smallest absolute Gasteiger partial charge is 0.318 e. The third-order valence-electron chi connectivity index (χ3n) is 4.06. The number of aryl methyl sites for hydroxylation is 1. The second-order valence-corrected chi connectivity index (χ2v) is 6.33. The maximum absolute atomic E-state index is 12.8. The van der Waals surface area contributed by atoms with Crippen molar-refractivity contribution in [2.75, 3.05) is 0 Å². The van der Waals surface area contributed by atoms with Crippen LogP contribution in [0.4, 0.5) is 4.79 Å². The quantitative estimate of drug-likeness (QED) is 0.692. The molecule has 2 aromatic rings. The maximum atomic E-state index is 12.8. The Labute approximate surface area is 138 Å². The van der Waals surface area contributed by atoms with Crippen LogP contribution in [0, 0.1) is 6.92 Å². The summed E-state index contributed by atoms with van der Waals surface area (Å²) in [7, 11) is 0. The molecule has 2 heterocycles. The van der Waals surface area contributed by atoms with Gasteiger partial charge in [-0.1, -0.05) is 37.3 Å². The van der Waals surface area contributed by atoms with Gasteiger partial charge in [0.05, 0.1) is 11.1 Å². The molecule has 0 spiro atoms. The maximum Gasteiger partial charge on any atom is 0.346 e. The van der Waals surface area contributed by atoms with Crippen LogP contribution in [0.2, 0.25) is 0 Å². The average Bonchev–Trinajstić information content (AvgIpc) is 3.08. The van der Waals surface area contributed by atoms with Gasteiger partial charge in [-0.15, -0.1) is 16.3 Å². The largest absolute Gasteiger partial charge is 0.346 e. The van der Waals surface area contributed by atoms with Crippen molar-refractivity contribution in [3.8, 4) is 0 Å². The van der Waals surface area contributed by atoms with E-state index in [0.717, 1.165) is 21.0 Å². The molecule has 0 saturated carbocycles. The highest BCUT2D eigenvalue weighted by Gasteiger charge is 2.51. The standard InChI is InChI=1S/C17H17N3O2S/c1-3-17(13-7-5-4-6-8-13)15(21)20(16(22)19-17)18-11-14-12(2)9-10-23-14/h4-11H,3H2,1-2H3,(H,19,22)/b18-11-/t17-/m1/s1. The molecule has 0 bridgehead atoms. The van der Waals surface area contributed by atoms with Gasteiger partial charge in [-0.05, 0) is 35.9 Å². The van der Waals surface area contributed by atoms with Crippen LogP contribution in [0.5, 0.6) is 0 Å². The molecule has 6 heteroatoms. The van der Waals surface area contributed by atoms with Crippen LogP contribution < -0.4 is 5.32 Å². The van der Waals surface area contributed by atoms with Crippen molar-refractivity contribution in [2.45, 2.75) is 25.8 Å². The summed E-state index contributed by atoms with van der Waals surface area (Å²) >= 11 is 1.52. The summed E-state index contributed by atoms with van der Waals surface area (Å²) in [5.74, 6) is -0.346. The fraction of sp³-hybridized carbons (Fsp3) is 0.235. The highest BCUT2D eigenvalue weighted by atomic mass is 32.1. The molecule has 0 unspecified atom stereocenters. The van der Waals surface area contributed by atoms with Crippen LogP contribution in [0.1, 0.15) is 29.3 Å². The number of thiophene rings is 1. The number of rotatable bonds is 4. The zero-order valence-electron chi connectivity index (χ0n) is 12.9. The molecular weight excluding hydrogens is 310 g/mol. The van der Waals surface area contributed by atoms with Gasteiger partial charge in [0.15, 0.2) is 0 Å². The number of urea groups is 1. The van der Waals surface area contributed by atoms with E-state index in [1.165, 1.54) is 11.3 Å². The second kappa shape index (κ2) is 5.96. The Morgan fingerprint density at radius 1 is 1.26 bits per heavy atom. The Morgan fingerprint density at radius 3 is 2.61 bits per heavy atom. The molecule has 3 amide bonds. The summed E-state index contributed by atoms with van der Waals surface area (Å²) in [6.45, 7) is 3.84. The summed E-state index contributed by atoms with van der Waals surface area (Å²) in [4.78, 5) is 26.0. The lowest BCUT2D eigenvalue weighted by Crippen LogP contribution is -2.43. The molecule has 5 nitrogen and oxygen atoms in total. The van der Waals surface area contributed by atoms with Gasteiger partial charge in [0.2, 0.25) is 0 Å². The number of nitrogens with one attached hydrogen (secondary N) is 1. The van der Waals surface area contributed by atoms with Gasteiger partial charge in [-0.3, -0.25) is 4.79 Å². The summed E-state index contributed by atoms with van der Waals surface area (Å²) in [5.41, 5.74) is 0.793. The van der Waals surface area contributed by atoms with E-state index in [1.807, 2.05) is 55.6 Å². The van der Waals surface area contributed by atoms with E-state index >= 15 is 0 Å². The molecule has 1 saturated heterocycles. The number of amides is 3. The number of nitrogens with zero attached hydrogens (tertiary/aromatic N) is 2. The van der Waals surface area contributed by atoms with E-state index in [9.17, 15) is 9.59 Å². The third kappa shape index (κ3) is 2.55. The van der Waals surface area contributed by atoms with Gasteiger partial charge in [0, 0.05) is 0 Å². The molecule has 3 rings (SSSR count). The van der Waals surface area contributed by atoms with E-state index in [2.05, 4.69) is 10.4 Å². The van der Waals surface area contributed by atoms with Gasteiger partial charge in [-0.25, -0.2) is 4.79 Å². The number of imide groups is 1. The van der Waals surface area contributed by atoms with Crippen molar-refractivity contribution in [2.24, 2.45) is 5.10 Å². The lowest BCUT2D eigenvalue weighted by molar-refractivity contribution is -0.131. The lowest BCUT2D eigenvalue weighted by atomic mass is 9.87. The summed E-state index contributed by atoms with van der Waals surface area (Å²) < 4.78 is 0. The van der Waals surface area contributed by atoms with E-state index in [1.54, 1.807) is 6.21 Å². The van der Waals surface area contributed by atoms with Gasteiger partial charge in [0.25, 0.3) is 5.91 Å². The first-order valence-electron chi connectivity index (χ1n) is 7.39. The summed E-state index contributed by atoms with van der Waals surface area (Å²) in [5, 5.41) is 9.79. The molecule has 1 N–H and O–H groups in total. The van der Waals surface area contributed by atoms with E-state index in [4.69, 9.17) is 0 Å².